The summed E-state index contributed by atoms with van der Waals surface area (Å²) in [5, 5.41) is 9.85. The fourth-order valence-corrected chi connectivity index (χ4v) is 2.93. The van der Waals surface area contributed by atoms with Crippen LogP contribution in [0.25, 0.3) is 10.2 Å². The van der Waals surface area contributed by atoms with E-state index in [-0.39, 0.29) is 5.78 Å². The Hall–Kier alpha value is -2.58. The van der Waals surface area contributed by atoms with E-state index in [9.17, 15) is 10.1 Å². The molecule has 2 aromatic heterocycles. The third-order valence-electron chi connectivity index (χ3n) is 2.91. The average Bonchev–Trinajstić information content (AvgIpc) is 2.92. The van der Waals surface area contributed by atoms with E-state index in [1.807, 2.05) is 24.3 Å². The number of aromatic nitrogens is 2. The lowest BCUT2D eigenvalue weighted by molar-refractivity contribution is 0.0979. The average molecular weight is 279 g/mol. The summed E-state index contributed by atoms with van der Waals surface area (Å²) in [4.78, 5) is 20.6. The zero-order valence-corrected chi connectivity index (χ0v) is 11.2. The van der Waals surface area contributed by atoms with Gasteiger partial charge in [-0.25, -0.2) is 4.98 Å². The fraction of sp³-hybridized carbons (Fsp3) is 0.0667. The summed E-state index contributed by atoms with van der Waals surface area (Å²) >= 11 is 1.38. The summed E-state index contributed by atoms with van der Waals surface area (Å²) in [7, 11) is 0. The predicted octanol–water partition coefficient (Wildman–Crippen LogP) is 3.18. The highest BCUT2D eigenvalue weighted by atomic mass is 32.1. The third kappa shape index (κ3) is 2.17. The SMILES string of the molecule is N#C[C@H](C(=O)c1ccncc1)c1nc2ccccc2s1. The molecule has 0 bridgehead atoms. The molecule has 0 N–H and O–H groups in total. The minimum Gasteiger partial charge on any atom is -0.292 e. The number of hydrogen-bond donors (Lipinski definition) is 0. The second-order valence-electron chi connectivity index (χ2n) is 4.18. The van der Waals surface area contributed by atoms with Gasteiger partial charge in [0.05, 0.1) is 16.3 Å². The summed E-state index contributed by atoms with van der Waals surface area (Å²) in [5.74, 6) is -1.11. The van der Waals surface area contributed by atoms with Crippen molar-refractivity contribution in [3.8, 4) is 6.07 Å². The number of carbonyl (C=O) groups is 1. The van der Waals surface area contributed by atoms with Crippen molar-refractivity contribution in [3.63, 3.8) is 0 Å². The van der Waals surface area contributed by atoms with E-state index in [2.05, 4.69) is 16.0 Å². The van der Waals surface area contributed by atoms with Gasteiger partial charge in [0.15, 0.2) is 11.7 Å². The van der Waals surface area contributed by atoms with E-state index in [1.54, 1.807) is 24.5 Å². The molecule has 0 aliphatic heterocycles. The van der Waals surface area contributed by atoms with Crippen molar-refractivity contribution in [1.82, 2.24) is 9.97 Å². The normalized spacial score (nSPS) is 11.9. The lowest BCUT2D eigenvalue weighted by Crippen LogP contribution is -2.10. The summed E-state index contributed by atoms with van der Waals surface area (Å²) in [5.41, 5.74) is 1.29. The summed E-state index contributed by atoms with van der Waals surface area (Å²) in [6.45, 7) is 0. The Morgan fingerprint density at radius 1 is 1.20 bits per heavy atom. The van der Waals surface area contributed by atoms with Crippen LogP contribution < -0.4 is 0 Å². The molecular formula is C15H9N3OS. The highest BCUT2D eigenvalue weighted by Gasteiger charge is 2.25. The first-order valence-corrected chi connectivity index (χ1v) is 6.80. The number of rotatable bonds is 3. The van der Waals surface area contributed by atoms with Crippen LogP contribution in [0.2, 0.25) is 0 Å². The minimum atomic E-state index is -0.866. The lowest BCUT2D eigenvalue weighted by atomic mass is 10.0. The van der Waals surface area contributed by atoms with Crippen molar-refractivity contribution < 1.29 is 4.79 Å². The van der Waals surface area contributed by atoms with Crippen molar-refractivity contribution >= 4 is 27.3 Å². The van der Waals surface area contributed by atoms with Crippen molar-refractivity contribution in [2.75, 3.05) is 0 Å². The minimum absolute atomic E-state index is 0.242. The molecule has 3 aromatic rings. The third-order valence-corrected chi connectivity index (χ3v) is 4.01. The number of thiazole rings is 1. The predicted molar refractivity (Wildman–Crippen MR) is 76.5 cm³/mol. The van der Waals surface area contributed by atoms with Crippen LogP contribution in [-0.4, -0.2) is 15.8 Å². The summed E-state index contributed by atoms with van der Waals surface area (Å²) in [6.07, 6.45) is 3.08. The molecule has 96 valence electrons. The Bertz CT molecular complexity index is 772. The molecule has 0 saturated carbocycles. The highest BCUT2D eigenvalue weighted by Crippen LogP contribution is 2.29. The number of ketones is 1. The van der Waals surface area contributed by atoms with E-state index in [0.29, 0.717) is 10.6 Å². The van der Waals surface area contributed by atoms with Gasteiger partial charge in [0, 0.05) is 18.0 Å². The molecule has 1 atom stereocenters. The van der Waals surface area contributed by atoms with E-state index < -0.39 is 5.92 Å². The second kappa shape index (κ2) is 5.19. The van der Waals surface area contributed by atoms with Crippen molar-refractivity contribution in [1.29, 1.82) is 5.26 Å². The van der Waals surface area contributed by atoms with Crippen molar-refractivity contribution in [3.05, 3.63) is 59.4 Å². The number of carbonyl (C=O) groups excluding carboxylic acids is 1. The van der Waals surface area contributed by atoms with Gasteiger partial charge < -0.3 is 0 Å². The molecule has 0 spiro atoms. The fourth-order valence-electron chi connectivity index (χ4n) is 1.92. The monoisotopic (exact) mass is 279 g/mol. The Labute approximate surface area is 119 Å². The molecule has 0 unspecified atom stereocenters. The van der Waals surface area contributed by atoms with Crippen molar-refractivity contribution in [2.45, 2.75) is 5.92 Å². The molecule has 4 nitrogen and oxygen atoms in total. The van der Waals surface area contributed by atoms with Crippen LogP contribution in [-0.2, 0) is 0 Å². The van der Waals surface area contributed by atoms with E-state index in [4.69, 9.17) is 0 Å². The first kappa shape index (κ1) is 12.5. The number of nitrogens with zero attached hydrogens (tertiary/aromatic N) is 3. The van der Waals surface area contributed by atoms with Crippen LogP contribution in [0.3, 0.4) is 0 Å². The van der Waals surface area contributed by atoms with Gasteiger partial charge in [-0.2, -0.15) is 5.26 Å². The molecule has 1 aromatic carbocycles. The number of hydrogen-bond acceptors (Lipinski definition) is 5. The maximum absolute atomic E-state index is 12.4. The Morgan fingerprint density at radius 3 is 2.65 bits per heavy atom. The van der Waals surface area contributed by atoms with Gasteiger partial charge in [0.1, 0.15) is 5.01 Å². The van der Waals surface area contributed by atoms with Crippen LogP contribution in [0, 0.1) is 11.3 Å². The van der Waals surface area contributed by atoms with Gasteiger partial charge in [-0.05, 0) is 24.3 Å². The zero-order chi connectivity index (χ0) is 13.9. The summed E-state index contributed by atoms with van der Waals surface area (Å²) < 4.78 is 0.977. The largest absolute Gasteiger partial charge is 0.292 e. The van der Waals surface area contributed by atoms with Gasteiger partial charge in [-0.3, -0.25) is 9.78 Å². The standard InChI is InChI=1S/C15H9N3OS/c16-9-11(14(19)10-5-7-17-8-6-10)15-18-12-3-1-2-4-13(12)20-15/h1-8,11H/t11-/m1/s1. The number of nitriles is 1. The van der Waals surface area contributed by atoms with Gasteiger partial charge in [-0.1, -0.05) is 12.1 Å². The van der Waals surface area contributed by atoms with Gasteiger partial charge in [-0.15, -0.1) is 11.3 Å². The molecule has 0 saturated heterocycles. The van der Waals surface area contributed by atoms with Crippen LogP contribution >= 0.6 is 11.3 Å². The van der Waals surface area contributed by atoms with Gasteiger partial charge >= 0.3 is 0 Å². The van der Waals surface area contributed by atoms with Crippen LogP contribution in [0.4, 0.5) is 0 Å². The first-order valence-electron chi connectivity index (χ1n) is 5.99. The quantitative estimate of drug-likeness (QED) is 0.690. The van der Waals surface area contributed by atoms with Crippen LogP contribution in [0.1, 0.15) is 21.3 Å². The molecular weight excluding hydrogens is 270 g/mol. The molecule has 0 aliphatic rings. The Morgan fingerprint density at radius 2 is 1.95 bits per heavy atom. The molecule has 0 radical (unpaired) electrons. The molecule has 0 aliphatic carbocycles. The number of pyridine rings is 1. The van der Waals surface area contributed by atoms with Gasteiger partial charge in [0.25, 0.3) is 0 Å². The molecule has 0 amide bonds. The number of fused-ring (bicyclic) bond motifs is 1. The second-order valence-corrected chi connectivity index (χ2v) is 5.24. The highest BCUT2D eigenvalue weighted by molar-refractivity contribution is 7.18. The topological polar surface area (TPSA) is 66.6 Å². The molecule has 5 heteroatoms. The zero-order valence-electron chi connectivity index (χ0n) is 10.4. The molecule has 20 heavy (non-hydrogen) atoms. The van der Waals surface area contributed by atoms with Gasteiger partial charge in [0.2, 0.25) is 0 Å². The van der Waals surface area contributed by atoms with Crippen LogP contribution in [0.5, 0.6) is 0 Å². The maximum atomic E-state index is 12.4. The summed E-state index contributed by atoms with van der Waals surface area (Å²) in [6, 6.07) is 12.9. The number of para-hydroxylation sites is 1. The van der Waals surface area contributed by atoms with E-state index in [1.165, 1.54) is 11.3 Å². The first-order chi connectivity index (χ1) is 9.79. The number of benzene rings is 1. The van der Waals surface area contributed by atoms with E-state index in [0.717, 1.165) is 10.2 Å². The molecule has 2 heterocycles. The van der Waals surface area contributed by atoms with E-state index >= 15 is 0 Å². The van der Waals surface area contributed by atoms with Crippen molar-refractivity contribution in [2.24, 2.45) is 0 Å². The molecule has 0 fully saturated rings. The maximum Gasteiger partial charge on any atom is 0.187 e. The Kier molecular flexibility index (Phi) is 3.23. The number of Topliss-reactive ketones (excluding diaryl/α,β-unsaturated/α-hetero) is 1. The molecule has 3 rings (SSSR count). The lowest BCUT2D eigenvalue weighted by Gasteiger charge is -2.04. The smallest absolute Gasteiger partial charge is 0.187 e. The van der Waals surface area contributed by atoms with Crippen LogP contribution in [0.15, 0.2) is 48.8 Å². The Balaban J connectivity index is 2.02.